The number of benzene rings is 1. The summed E-state index contributed by atoms with van der Waals surface area (Å²) in [6, 6.07) is 8.58. The van der Waals surface area contributed by atoms with Crippen molar-refractivity contribution in [1.29, 1.82) is 0 Å². The summed E-state index contributed by atoms with van der Waals surface area (Å²) >= 11 is 0. The zero-order valence-corrected chi connectivity index (χ0v) is 10.6. The van der Waals surface area contributed by atoms with Gasteiger partial charge in [-0.3, -0.25) is 0 Å². The van der Waals surface area contributed by atoms with Gasteiger partial charge < -0.3 is 9.67 Å². The van der Waals surface area contributed by atoms with Gasteiger partial charge in [-0.1, -0.05) is 23.8 Å². The van der Waals surface area contributed by atoms with E-state index in [0.717, 1.165) is 30.7 Å². The summed E-state index contributed by atoms with van der Waals surface area (Å²) in [5, 5.41) is 9.53. The number of imidazole rings is 1. The van der Waals surface area contributed by atoms with Crippen LogP contribution in [0.2, 0.25) is 0 Å². The zero-order chi connectivity index (χ0) is 12.5. The second-order valence-corrected chi connectivity index (χ2v) is 5.04. The second kappa shape index (κ2) is 4.58. The number of hydrogen-bond acceptors (Lipinski definition) is 2. The van der Waals surface area contributed by atoms with Crippen LogP contribution in [0.1, 0.15) is 30.1 Å². The van der Waals surface area contributed by atoms with Crippen molar-refractivity contribution in [3.05, 3.63) is 41.7 Å². The van der Waals surface area contributed by atoms with Crippen LogP contribution in [-0.2, 0) is 6.42 Å². The van der Waals surface area contributed by atoms with Gasteiger partial charge in [0.25, 0.3) is 0 Å². The van der Waals surface area contributed by atoms with E-state index in [1.54, 1.807) is 0 Å². The fraction of sp³-hybridized carbons (Fsp3) is 0.400. The summed E-state index contributed by atoms with van der Waals surface area (Å²) in [7, 11) is 0. The standard InChI is InChI=1S/C15H18N2O/c1-11-4-2-5-12(8-11)15-16-9-13-6-3-7-14(10-18)17(13)15/h2,4-5,8-9,14,18H,3,6-7,10H2,1H3. The van der Waals surface area contributed by atoms with Gasteiger partial charge in [0.1, 0.15) is 5.82 Å². The number of rotatable bonds is 2. The van der Waals surface area contributed by atoms with E-state index in [-0.39, 0.29) is 12.6 Å². The first-order valence-electron chi connectivity index (χ1n) is 6.53. The highest BCUT2D eigenvalue weighted by atomic mass is 16.3. The fourth-order valence-electron chi connectivity index (χ4n) is 2.81. The van der Waals surface area contributed by atoms with Crippen molar-refractivity contribution < 1.29 is 5.11 Å². The second-order valence-electron chi connectivity index (χ2n) is 5.04. The SMILES string of the molecule is Cc1cccc(-c2ncc3n2C(CO)CCC3)c1. The number of aromatic nitrogens is 2. The summed E-state index contributed by atoms with van der Waals surface area (Å²) in [6.45, 7) is 2.29. The van der Waals surface area contributed by atoms with Crippen LogP contribution in [0, 0.1) is 6.92 Å². The molecule has 1 aromatic heterocycles. The van der Waals surface area contributed by atoms with Crippen LogP contribution in [0.25, 0.3) is 11.4 Å². The highest BCUT2D eigenvalue weighted by Gasteiger charge is 2.23. The van der Waals surface area contributed by atoms with E-state index >= 15 is 0 Å². The molecule has 0 spiro atoms. The van der Waals surface area contributed by atoms with Crippen molar-refractivity contribution >= 4 is 0 Å². The molecule has 0 amide bonds. The minimum atomic E-state index is 0.187. The summed E-state index contributed by atoms with van der Waals surface area (Å²) in [4.78, 5) is 4.56. The Labute approximate surface area is 107 Å². The number of nitrogens with zero attached hydrogens (tertiary/aromatic N) is 2. The van der Waals surface area contributed by atoms with Gasteiger partial charge in [-0.15, -0.1) is 0 Å². The van der Waals surface area contributed by atoms with Crippen LogP contribution in [0.3, 0.4) is 0 Å². The zero-order valence-electron chi connectivity index (χ0n) is 10.6. The maximum absolute atomic E-state index is 9.53. The number of hydrogen-bond donors (Lipinski definition) is 1. The first-order valence-corrected chi connectivity index (χ1v) is 6.53. The normalized spacial score (nSPS) is 18.7. The minimum absolute atomic E-state index is 0.187. The van der Waals surface area contributed by atoms with Crippen LogP contribution in [0.4, 0.5) is 0 Å². The third-order valence-corrected chi connectivity index (χ3v) is 3.70. The minimum Gasteiger partial charge on any atom is -0.394 e. The average molecular weight is 242 g/mol. The van der Waals surface area contributed by atoms with E-state index in [4.69, 9.17) is 0 Å². The smallest absolute Gasteiger partial charge is 0.140 e. The molecule has 0 radical (unpaired) electrons. The van der Waals surface area contributed by atoms with Gasteiger partial charge in [0, 0.05) is 17.5 Å². The Bertz CT molecular complexity index is 559. The molecule has 3 rings (SSSR count). The lowest BCUT2D eigenvalue weighted by Crippen LogP contribution is -2.21. The summed E-state index contributed by atoms with van der Waals surface area (Å²) < 4.78 is 2.22. The largest absolute Gasteiger partial charge is 0.394 e. The Morgan fingerprint density at radius 3 is 3.11 bits per heavy atom. The Kier molecular flexibility index (Phi) is 2.92. The lowest BCUT2D eigenvalue weighted by Gasteiger charge is -2.25. The van der Waals surface area contributed by atoms with E-state index in [1.807, 2.05) is 6.20 Å². The maximum atomic E-state index is 9.53. The van der Waals surface area contributed by atoms with Gasteiger partial charge in [-0.05, 0) is 32.3 Å². The Morgan fingerprint density at radius 2 is 2.33 bits per heavy atom. The van der Waals surface area contributed by atoms with Crippen LogP contribution >= 0.6 is 0 Å². The number of fused-ring (bicyclic) bond motifs is 1. The summed E-state index contributed by atoms with van der Waals surface area (Å²) in [6.07, 6.45) is 5.21. The molecule has 2 heterocycles. The van der Waals surface area contributed by atoms with Crippen LogP contribution in [-0.4, -0.2) is 21.3 Å². The number of aryl methyl sites for hydroxylation is 2. The molecule has 1 aromatic carbocycles. The van der Waals surface area contributed by atoms with Crippen molar-refractivity contribution in [1.82, 2.24) is 9.55 Å². The molecule has 0 bridgehead atoms. The molecule has 0 saturated heterocycles. The monoisotopic (exact) mass is 242 g/mol. The van der Waals surface area contributed by atoms with Crippen molar-refractivity contribution in [2.75, 3.05) is 6.61 Å². The third kappa shape index (κ3) is 1.85. The van der Waals surface area contributed by atoms with Gasteiger partial charge in [-0.2, -0.15) is 0 Å². The molecule has 1 unspecified atom stereocenters. The van der Waals surface area contributed by atoms with Gasteiger partial charge in [-0.25, -0.2) is 4.98 Å². The van der Waals surface area contributed by atoms with Gasteiger partial charge >= 0.3 is 0 Å². The van der Waals surface area contributed by atoms with Crippen molar-refractivity contribution in [2.24, 2.45) is 0 Å². The molecule has 0 saturated carbocycles. The Balaban J connectivity index is 2.11. The topological polar surface area (TPSA) is 38.0 Å². The molecule has 1 aliphatic rings. The summed E-state index contributed by atoms with van der Waals surface area (Å²) in [5.41, 5.74) is 3.62. The van der Waals surface area contributed by atoms with E-state index < -0.39 is 0 Å². The maximum Gasteiger partial charge on any atom is 0.140 e. The van der Waals surface area contributed by atoms with Crippen molar-refractivity contribution in [3.8, 4) is 11.4 Å². The summed E-state index contributed by atoms with van der Waals surface area (Å²) in [5.74, 6) is 0.993. The van der Waals surface area contributed by atoms with Gasteiger partial charge in [0.15, 0.2) is 0 Å². The van der Waals surface area contributed by atoms with Crippen molar-refractivity contribution in [2.45, 2.75) is 32.2 Å². The first-order chi connectivity index (χ1) is 8.79. The number of aliphatic hydroxyl groups is 1. The predicted octanol–water partition coefficient (Wildman–Crippen LogP) is 2.73. The van der Waals surface area contributed by atoms with Crippen LogP contribution in [0.5, 0.6) is 0 Å². The molecular formula is C15H18N2O. The molecule has 3 heteroatoms. The van der Waals surface area contributed by atoms with E-state index in [2.05, 4.69) is 40.7 Å². The lowest BCUT2D eigenvalue weighted by atomic mass is 10.0. The Morgan fingerprint density at radius 1 is 1.44 bits per heavy atom. The highest BCUT2D eigenvalue weighted by Crippen LogP contribution is 2.31. The van der Waals surface area contributed by atoms with Crippen molar-refractivity contribution in [3.63, 3.8) is 0 Å². The average Bonchev–Trinajstić information content (AvgIpc) is 2.82. The van der Waals surface area contributed by atoms with Gasteiger partial charge in [0.05, 0.1) is 12.6 Å². The quantitative estimate of drug-likeness (QED) is 0.879. The molecule has 0 fully saturated rings. The third-order valence-electron chi connectivity index (χ3n) is 3.70. The molecule has 2 aromatic rings. The molecular weight excluding hydrogens is 224 g/mol. The first kappa shape index (κ1) is 11.5. The van der Waals surface area contributed by atoms with Crippen LogP contribution in [0.15, 0.2) is 30.5 Å². The highest BCUT2D eigenvalue weighted by molar-refractivity contribution is 5.57. The predicted molar refractivity (Wildman–Crippen MR) is 71.5 cm³/mol. The van der Waals surface area contributed by atoms with Crippen LogP contribution < -0.4 is 0 Å². The van der Waals surface area contributed by atoms with E-state index in [0.29, 0.717) is 0 Å². The lowest BCUT2D eigenvalue weighted by molar-refractivity contribution is 0.208. The molecule has 18 heavy (non-hydrogen) atoms. The van der Waals surface area contributed by atoms with E-state index in [9.17, 15) is 5.11 Å². The fourth-order valence-corrected chi connectivity index (χ4v) is 2.81. The Hall–Kier alpha value is -1.61. The molecule has 94 valence electrons. The molecule has 1 N–H and O–H groups in total. The number of aliphatic hydroxyl groups excluding tert-OH is 1. The van der Waals surface area contributed by atoms with Gasteiger partial charge in [0.2, 0.25) is 0 Å². The molecule has 0 aliphatic carbocycles. The molecule has 1 atom stereocenters. The van der Waals surface area contributed by atoms with E-state index in [1.165, 1.54) is 11.3 Å². The molecule has 3 nitrogen and oxygen atoms in total. The molecule has 1 aliphatic heterocycles.